The Labute approximate surface area is 166 Å². The minimum absolute atomic E-state index is 0.0891. The summed E-state index contributed by atoms with van der Waals surface area (Å²) in [7, 11) is 0. The maximum Gasteiger partial charge on any atom is 0.263 e. The van der Waals surface area contributed by atoms with Gasteiger partial charge in [0.2, 0.25) is 0 Å². The molecular formula is C20H20BrN3O3. The number of anilines is 1. The van der Waals surface area contributed by atoms with Crippen LogP contribution in [0.4, 0.5) is 5.82 Å². The zero-order valence-electron chi connectivity index (χ0n) is 14.9. The van der Waals surface area contributed by atoms with Crippen molar-refractivity contribution in [3.05, 3.63) is 70.8 Å². The third kappa shape index (κ3) is 5.34. The first-order chi connectivity index (χ1) is 13.2. The van der Waals surface area contributed by atoms with Gasteiger partial charge < -0.3 is 14.8 Å². The third-order valence-electron chi connectivity index (χ3n) is 3.77. The van der Waals surface area contributed by atoms with Crippen molar-refractivity contribution in [2.24, 2.45) is 0 Å². The van der Waals surface area contributed by atoms with E-state index in [1.165, 1.54) is 0 Å². The van der Waals surface area contributed by atoms with Crippen LogP contribution in [0.2, 0.25) is 0 Å². The van der Waals surface area contributed by atoms with Gasteiger partial charge in [-0.1, -0.05) is 34.1 Å². The molecule has 7 heteroatoms. The van der Waals surface area contributed by atoms with E-state index in [9.17, 15) is 4.79 Å². The summed E-state index contributed by atoms with van der Waals surface area (Å²) in [5.41, 5.74) is 1.07. The Morgan fingerprint density at radius 3 is 2.48 bits per heavy atom. The number of amides is 1. The van der Waals surface area contributed by atoms with Crippen molar-refractivity contribution in [1.29, 1.82) is 0 Å². The van der Waals surface area contributed by atoms with Crippen molar-refractivity contribution in [2.75, 3.05) is 18.5 Å². The van der Waals surface area contributed by atoms with E-state index in [0.29, 0.717) is 24.7 Å². The van der Waals surface area contributed by atoms with E-state index in [1.807, 2.05) is 43.3 Å². The van der Waals surface area contributed by atoms with Crippen LogP contribution in [-0.4, -0.2) is 28.9 Å². The van der Waals surface area contributed by atoms with E-state index in [0.717, 1.165) is 15.8 Å². The van der Waals surface area contributed by atoms with Crippen molar-refractivity contribution in [1.82, 2.24) is 9.78 Å². The lowest BCUT2D eigenvalue weighted by Crippen LogP contribution is -2.22. The standard InChI is InChI=1S/C20H20BrN3O3/c1-2-26-16-7-9-17(10-8-16)27-14-20(25)23-19-11-12-22-24(19)13-15-5-3-4-6-18(15)21/h3-12H,2,13-14H2,1H3,(H,23,25). The second-order valence-corrected chi connectivity index (χ2v) is 6.56. The summed E-state index contributed by atoms with van der Waals surface area (Å²) in [4.78, 5) is 12.2. The fourth-order valence-electron chi connectivity index (χ4n) is 2.48. The molecule has 6 nitrogen and oxygen atoms in total. The number of carbonyl (C=O) groups excluding carboxylic acids is 1. The molecule has 0 saturated carbocycles. The van der Waals surface area contributed by atoms with E-state index in [4.69, 9.17) is 9.47 Å². The molecule has 1 heterocycles. The number of ether oxygens (including phenoxy) is 2. The molecule has 0 aliphatic rings. The highest BCUT2D eigenvalue weighted by Gasteiger charge is 2.10. The average Bonchev–Trinajstić information content (AvgIpc) is 3.10. The molecule has 140 valence electrons. The van der Waals surface area contributed by atoms with Crippen LogP contribution in [0.5, 0.6) is 11.5 Å². The zero-order chi connectivity index (χ0) is 19.1. The van der Waals surface area contributed by atoms with Crippen LogP contribution in [0.3, 0.4) is 0 Å². The Kier molecular flexibility index (Phi) is 6.49. The number of halogens is 1. The highest BCUT2D eigenvalue weighted by atomic mass is 79.9. The molecule has 1 amide bonds. The van der Waals surface area contributed by atoms with E-state index in [-0.39, 0.29) is 12.5 Å². The average molecular weight is 430 g/mol. The molecule has 0 saturated heterocycles. The van der Waals surface area contributed by atoms with Gasteiger partial charge in [-0.25, -0.2) is 4.68 Å². The molecule has 0 aliphatic heterocycles. The van der Waals surface area contributed by atoms with Gasteiger partial charge in [-0.15, -0.1) is 0 Å². The molecular weight excluding hydrogens is 410 g/mol. The van der Waals surface area contributed by atoms with E-state index >= 15 is 0 Å². The zero-order valence-corrected chi connectivity index (χ0v) is 16.5. The van der Waals surface area contributed by atoms with Gasteiger partial charge in [0.05, 0.1) is 19.3 Å². The first kappa shape index (κ1) is 19.0. The Balaban J connectivity index is 1.55. The first-order valence-corrected chi connectivity index (χ1v) is 9.35. The smallest absolute Gasteiger partial charge is 0.263 e. The van der Waals surface area contributed by atoms with Crippen LogP contribution >= 0.6 is 15.9 Å². The molecule has 0 unspecified atom stereocenters. The number of hydrogen-bond acceptors (Lipinski definition) is 4. The van der Waals surface area contributed by atoms with Crippen LogP contribution in [0, 0.1) is 0 Å². The lowest BCUT2D eigenvalue weighted by Gasteiger charge is -2.11. The predicted molar refractivity (Wildman–Crippen MR) is 107 cm³/mol. The fraction of sp³-hybridized carbons (Fsp3) is 0.200. The van der Waals surface area contributed by atoms with Gasteiger partial charge in [0.25, 0.3) is 5.91 Å². The number of hydrogen-bond donors (Lipinski definition) is 1. The van der Waals surface area contributed by atoms with Crippen LogP contribution in [-0.2, 0) is 11.3 Å². The number of benzene rings is 2. The summed E-state index contributed by atoms with van der Waals surface area (Å²) in [5, 5.41) is 7.11. The first-order valence-electron chi connectivity index (χ1n) is 8.56. The molecule has 0 aliphatic carbocycles. The Morgan fingerprint density at radius 1 is 1.07 bits per heavy atom. The number of nitrogens with zero attached hydrogens (tertiary/aromatic N) is 2. The normalized spacial score (nSPS) is 10.4. The Bertz CT molecular complexity index is 893. The van der Waals surface area contributed by atoms with Crippen molar-refractivity contribution >= 4 is 27.7 Å². The van der Waals surface area contributed by atoms with Crippen molar-refractivity contribution in [3.63, 3.8) is 0 Å². The van der Waals surface area contributed by atoms with Crippen LogP contribution in [0.1, 0.15) is 12.5 Å². The van der Waals surface area contributed by atoms with Crippen molar-refractivity contribution in [3.8, 4) is 11.5 Å². The third-order valence-corrected chi connectivity index (χ3v) is 4.54. The Morgan fingerprint density at radius 2 is 1.78 bits per heavy atom. The lowest BCUT2D eigenvalue weighted by molar-refractivity contribution is -0.118. The van der Waals surface area contributed by atoms with E-state index < -0.39 is 0 Å². The van der Waals surface area contributed by atoms with Crippen molar-refractivity contribution < 1.29 is 14.3 Å². The molecule has 0 fully saturated rings. The summed E-state index contributed by atoms with van der Waals surface area (Å²) < 4.78 is 13.6. The van der Waals surface area contributed by atoms with E-state index in [1.54, 1.807) is 29.1 Å². The van der Waals surface area contributed by atoms with Crippen LogP contribution in [0.15, 0.2) is 65.3 Å². The minimum atomic E-state index is -0.252. The molecule has 1 N–H and O–H groups in total. The molecule has 2 aromatic carbocycles. The maximum absolute atomic E-state index is 12.2. The molecule has 0 bridgehead atoms. The number of nitrogens with one attached hydrogen (secondary N) is 1. The van der Waals surface area contributed by atoms with Gasteiger partial charge in [0, 0.05) is 10.5 Å². The lowest BCUT2D eigenvalue weighted by atomic mass is 10.2. The van der Waals surface area contributed by atoms with Gasteiger partial charge in [0.15, 0.2) is 6.61 Å². The number of aromatic nitrogens is 2. The molecule has 1 aromatic heterocycles. The molecule has 0 radical (unpaired) electrons. The molecule has 3 aromatic rings. The quantitative estimate of drug-likeness (QED) is 0.584. The second kappa shape index (κ2) is 9.23. The summed E-state index contributed by atoms with van der Waals surface area (Å²) in [6, 6.07) is 16.8. The van der Waals surface area contributed by atoms with Crippen LogP contribution < -0.4 is 14.8 Å². The largest absolute Gasteiger partial charge is 0.494 e. The molecule has 0 spiro atoms. The maximum atomic E-state index is 12.2. The van der Waals surface area contributed by atoms with Gasteiger partial charge in [-0.3, -0.25) is 4.79 Å². The molecule has 0 atom stereocenters. The second-order valence-electron chi connectivity index (χ2n) is 5.71. The predicted octanol–water partition coefficient (Wildman–Crippen LogP) is 4.11. The summed E-state index contributed by atoms with van der Waals surface area (Å²) in [6.07, 6.45) is 1.65. The van der Waals surface area contributed by atoms with Gasteiger partial charge in [0.1, 0.15) is 17.3 Å². The summed E-state index contributed by atoms with van der Waals surface area (Å²) in [5.74, 6) is 1.74. The van der Waals surface area contributed by atoms with Gasteiger partial charge >= 0.3 is 0 Å². The summed E-state index contributed by atoms with van der Waals surface area (Å²) in [6.45, 7) is 2.99. The van der Waals surface area contributed by atoms with Gasteiger partial charge in [-0.2, -0.15) is 5.10 Å². The SMILES string of the molecule is CCOc1ccc(OCC(=O)Nc2ccnn2Cc2ccccc2Br)cc1. The Hall–Kier alpha value is -2.80. The van der Waals surface area contributed by atoms with Crippen LogP contribution in [0.25, 0.3) is 0 Å². The molecule has 3 rings (SSSR count). The summed E-state index contributed by atoms with van der Waals surface area (Å²) >= 11 is 3.53. The number of rotatable bonds is 8. The monoisotopic (exact) mass is 429 g/mol. The van der Waals surface area contributed by atoms with Gasteiger partial charge in [-0.05, 0) is 42.8 Å². The van der Waals surface area contributed by atoms with E-state index in [2.05, 4.69) is 26.3 Å². The topological polar surface area (TPSA) is 65.4 Å². The highest BCUT2D eigenvalue weighted by molar-refractivity contribution is 9.10. The van der Waals surface area contributed by atoms with Crippen molar-refractivity contribution in [2.45, 2.75) is 13.5 Å². The highest BCUT2D eigenvalue weighted by Crippen LogP contribution is 2.19. The number of carbonyl (C=O) groups is 1. The fourth-order valence-corrected chi connectivity index (χ4v) is 2.89. The minimum Gasteiger partial charge on any atom is -0.494 e. The molecule has 27 heavy (non-hydrogen) atoms.